The zero-order chi connectivity index (χ0) is 27.4. The molecule has 1 fully saturated rings. The summed E-state index contributed by atoms with van der Waals surface area (Å²) in [6.07, 6.45) is 0. The number of nitrogens with zero attached hydrogens (tertiary/aromatic N) is 2. The number of aliphatic hydroxyl groups is 1. The molecular weight excluding hydrogens is 522 g/mol. The van der Waals surface area contributed by atoms with Gasteiger partial charge in [-0.15, -0.1) is 0 Å². The maximum Gasteiger partial charge on any atom is 0.251 e. The number of ether oxygens (including phenoxy) is 2. The number of pyridine rings is 1. The summed E-state index contributed by atoms with van der Waals surface area (Å²) in [4.78, 5) is 32.3. The van der Waals surface area contributed by atoms with E-state index in [1.54, 1.807) is 6.07 Å². The van der Waals surface area contributed by atoms with Crippen molar-refractivity contribution in [1.82, 2.24) is 10.3 Å². The summed E-state index contributed by atoms with van der Waals surface area (Å²) in [6, 6.07) is 9.75. The fourth-order valence-corrected chi connectivity index (χ4v) is 4.37. The Hall–Kier alpha value is -3.96. The lowest BCUT2D eigenvalue weighted by atomic mass is 9.92. The Bertz CT molecular complexity index is 1320. The largest absolute Gasteiger partial charge is 0.497 e. The van der Waals surface area contributed by atoms with Gasteiger partial charge in [0, 0.05) is 59.4 Å². The van der Waals surface area contributed by atoms with Gasteiger partial charge in [-0.3, -0.25) is 14.5 Å². The summed E-state index contributed by atoms with van der Waals surface area (Å²) in [6.45, 7) is -0.157. The van der Waals surface area contributed by atoms with E-state index in [1.165, 1.54) is 49.5 Å². The molecule has 4 rings (SSSR count). The topological polar surface area (TPSA) is 113 Å². The molecule has 0 saturated carbocycles. The van der Waals surface area contributed by atoms with Crippen LogP contribution in [0.5, 0.6) is 11.5 Å². The number of methoxy groups -OCH3 is 2. The summed E-state index contributed by atoms with van der Waals surface area (Å²) in [5, 5.41) is 15.1. The lowest BCUT2D eigenvalue weighted by Gasteiger charge is -2.20. The highest BCUT2D eigenvalue weighted by molar-refractivity contribution is 6.30. The van der Waals surface area contributed by atoms with Crippen molar-refractivity contribution in [3.05, 3.63) is 76.3 Å². The number of halogens is 3. The Labute approximate surface area is 222 Å². The highest BCUT2D eigenvalue weighted by atomic mass is 35.5. The first kappa shape index (κ1) is 27.1. The Morgan fingerprint density at radius 2 is 1.74 bits per heavy atom. The standard InChI is InChI=1S/C26H25ClF2N4O5/c1-37-16-9-19(28)23(20(29)10-16)18-13-33(22-12-17(38-2)11-21(31-22)30-7-8-34)26(36)24(18)32-25(35)14-3-5-15(27)6-4-14/h3-6,9-12,18,24,34H,7-8,13H2,1-2H3,(H,30,31)(H,32,35)/t18-,24?/m0/s1. The van der Waals surface area contributed by atoms with Gasteiger partial charge in [-0.2, -0.15) is 0 Å². The number of hydrogen-bond donors (Lipinski definition) is 3. The van der Waals surface area contributed by atoms with Crippen LogP contribution in [0.2, 0.25) is 5.02 Å². The number of aliphatic hydroxyl groups excluding tert-OH is 1. The van der Waals surface area contributed by atoms with E-state index < -0.39 is 35.4 Å². The molecule has 9 nitrogen and oxygen atoms in total. The number of nitrogens with one attached hydrogen (secondary N) is 2. The summed E-state index contributed by atoms with van der Waals surface area (Å²) >= 11 is 5.91. The second kappa shape index (κ2) is 11.6. The van der Waals surface area contributed by atoms with Crippen LogP contribution in [0, 0.1) is 11.6 Å². The van der Waals surface area contributed by atoms with Gasteiger partial charge in [0.1, 0.15) is 40.8 Å². The highest BCUT2D eigenvalue weighted by Gasteiger charge is 2.45. The number of anilines is 2. The quantitative estimate of drug-likeness (QED) is 0.377. The average Bonchev–Trinajstić information content (AvgIpc) is 3.22. The van der Waals surface area contributed by atoms with Gasteiger partial charge >= 0.3 is 0 Å². The molecule has 12 heteroatoms. The SMILES string of the molecule is COc1cc(NCCO)nc(N2C[C@@H](c3c(F)cc(OC)cc3F)C(NC(=O)c3ccc(Cl)cc3)C2=O)c1. The van der Waals surface area contributed by atoms with E-state index in [1.807, 2.05) is 0 Å². The zero-order valence-electron chi connectivity index (χ0n) is 20.5. The molecule has 1 aromatic heterocycles. The van der Waals surface area contributed by atoms with Crippen LogP contribution in [-0.4, -0.2) is 61.9 Å². The molecule has 0 aliphatic carbocycles. The number of carbonyl (C=O) groups is 2. The predicted molar refractivity (Wildman–Crippen MR) is 137 cm³/mol. The molecule has 3 aromatic rings. The number of hydrogen-bond acceptors (Lipinski definition) is 7. The lowest BCUT2D eigenvalue weighted by Crippen LogP contribution is -2.44. The second-order valence-corrected chi connectivity index (χ2v) is 8.86. The Morgan fingerprint density at radius 1 is 1.11 bits per heavy atom. The molecule has 2 amide bonds. The summed E-state index contributed by atoms with van der Waals surface area (Å²) < 4.78 is 40.6. The van der Waals surface area contributed by atoms with Crippen molar-refractivity contribution in [1.29, 1.82) is 0 Å². The highest BCUT2D eigenvalue weighted by Crippen LogP contribution is 2.37. The number of amides is 2. The summed E-state index contributed by atoms with van der Waals surface area (Å²) in [5.41, 5.74) is -0.158. The van der Waals surface area contributed by atoms with Gasteiger partial charge in [0.25, 0.3) is 11.8 Å². The number of benzene rings is 2. The first-order valence-corrected chi connectivity index (χ1v) is 11.9. The molecule has 2 aromatic carbocycles. The van der Waals surface area contributed by atoms with Crippen molar-refractivity contribution < 1.29 is 33.0 Å². The first-order valence-electron chi connectivity index (χ1n) is 11.6. The molecule has 0 spiro atoms. The Kier molecular flexibility index (Phi) is 8.28. The molecule has 1 aliphatic rings. The monoisotopic (exact) mass is 546 g/mol. The second-order valence-electron chi connectivity index (χ2n) is 8.42. The van der Waals surface area contributed by atoms with E-state index >= 15 is 8.78 Å². The molecule has 2 atom stereocenters. The van der Waals surface area contributed by atoms with Gasteiger partial charge in [0.2, 0.25) is 0 Å². The third-order valence-corrected chi connectivity index (χ3v) is 6.33. The van der Waals surface area contributed by atoms with Crippen LogP contribution in [0.15, 0.2) is 48.5 Å². The molecule has 1 aliphatic heterocycles. The minimum Gasteiger partial charge on any atom is -0.497 e. The minimum atomic E-state index is -1.32. The van der Waals surface area contributed by atoms with Crippen LogP contribution in [0.25, 0.3) is 0 Å². The van der Waals surface area contributed by atoms with Crippen LogP contribution < -0.4 is 25.0 Å². The van der Waals surface area contributed by atoms with Gasteiger partial charge in [-0.05, 0) is 24.3 Å². The smallest absolute Gasteiger partial charge is 0.251 e. The van der Waals surface area contributed by atoms with Crippen LogP contribution in [0.1, 0.15) is 21.8 Å². The maximum absolute atomic E-state index is 15.2. The van der Waals surface area contributed by atoms with E-state index in [-0.39, 0.29) is 42.4 Å². The third-order valence-electron chi connectivity index (χ3n) is 6.08. The molecule has 1 unspecified atom stereocenters. The van der Waals surface area contributed by atoms with Crippen molar-refractivity contribution in [2.75, 3.05) is 44.1 Å². The molecule has 38 heavy (non-hydrogen) atoms. The van der Waals surface area contributed by atoms with Crippen LogP contribution in [0.3, 0.4) is 0 Å². The van der Waals surface area contributed by atoms with E-state index in [0.717, 1.165) is 12.1 Å². The van der Waals surface area contributed by atoms with Gasteiger partial charge in [0.05, 0.1) is 20.8 Å². The molecule has 1 saturated heterocycles. The van der Waals surface area contributed by atoms with Crippen LogP contribution >= 0.6 is 11.6 Å². The van der Waals surface area contributed by atoms with Gasteiger partial charge in [-0.25, -0.2) is 13.8 Å². The van der Waals surface area contributed by atoms with Crippen molar-refractivity contribution >= 4 is 35.1 Å². The lowest BCUT2D eigenvalue weighted by molar-refractivity contribution is -0.118. The van der Waals surface area contributed by atoms with Gasteiger partial charge in [0.15, 0.2) is 0 Å². The summed E-state index contributed by atoms with van der Waals surface area (Å²) in [5.74, 6) is -3.41. The fourth-order valence-electron chi connectivity index (χ4n) is 4.24. The normalized spacial score (nSPS) is 16.9. The van der Waals surface area contributed by atoms with E-state index in [0.29, 0.717) is 16.6 Å². The Morgan fingerprint density at radius 3 is 2.34 bits per heavy atom. The minimum absolute atomic E-state index is 0.0271. The van der Waals surface area contributed by atoms with Crippen molar-refractivity contribution in [2.45, 2.75) is 12.0 Å². The van der Waals surface area contributed by atoms with Crippen molar-refractivity contribution in [2.24, 2.45) is 0 Å². The summed E-state index contributed by atoms with van der Waals surface area (Å²) in [7, 11) is 2.71. The van der Waals surface area contributed by atoms with E-state index in [2.05, 4.69) is 15.6 Å². The molecule has 2 heterocycles. The molecule has 0 radical (unpaired) electrons. The number of aromatic nitrogens is 1. The molecule has 3 N–H and O–H groups in total. The van der Waals surface area contributed by atoms with Crippen molar-refractivity contribution in [3.8, 4) is 11.5 Å². The average molecular weight is 547 g/mol. The first-order chi connectivity index (χ1) is 18.2. The molecular formula is C26H25ClF2N4O5. The maximum atomic E-state index is 15.2. The predicted octanol–water partition coefficient (Wildman–Crippen LogP) is 3.36. The van der Waals surface area contributed by atoms with Crippen molar-refractivity contribution in [3.63, 3.8) is 0 Å². The van der Waals surface area contributed by atoms with Crippen LogP contribution in [-0.2, 0) is 4.79 Å². The van der Waals surface area contributed by atoms with Gasteiger partial charge < -0.3 is 25.2 Å². The third kappa shape index (κ3) is 5.63. The van der Waals surface area contributed by atoms with E-state index in [9.17, 15) is 9.59 Å². The fraction of sp³-hybridized carbons (Fsp3) is 0.269. The number of carbonyl (C=O) groups excluding carboxylic acids is 2. The number of rotatable bonds is 9. The van der Waals surface area contributed by atoms with Gasteiger partial charge in [-0.1, -0.05) is 11.6 Å². The molecule has 0 bridgehead atoms. The Balaban J connectivity index is 1.75. The molecule has 200 valence electrons. The van der Waals surface area contributed by atoms with Crippen LogP contribution in [0.4, 0.5) is 20.4 Å². The van der Waals surface area contributed by atoms with E-state index in [4.69, 9.17) is 26.2 Å². The zero-order valence-corrected chi connectivity index (χ0v) is 21.3.